The minimum absolute atomic E-state index is 0.0221. The van der Waals surface area contributed by atoms with Crippen molar-refractivity contribution in [1.82, 2.24) is 0 Å². The number of rotatable bonds is 13. The van der Waals surface area contributed by atoms with E-state index in [1.807, 2.05) is 0 Å². The zero-order valence-electron chi connectivity index (χ0n) is 16.4. The van der Waals surface area contributed by atoms with Gasteiger partial charge in [0, 0.05) is 17.8 Å². The number of alkyl halides is 2. The molecule has 29 heavy (non-hydrogen) atoms. The number of nitro groups is 1. The number of nitrogens with one attached hydrogen (secondary N) is 1. The minimum atomic E-state index is -4.13. The van der Waals surface area contributed by atoms with Gasteiger partial charge in [0.1, 0.15) is 6.04 Å². The van der Waals surface area contributed by atoms with Gasteiger partial charge in [0.05, 0.1) is 36.8 Å². The van der Waals surface area contributed by atoms with Crippen molar-refractivity contribution in [1.29, 1.82) is 0 Å². The predicted octanol–water partition coefficient (Wildman–Crippen LogP) is 4.23. The quantitative estimate of drug-likeness (QED) is 0.210. The number of carbonyl (C=O) groups excluding carboxylic acids is 1. The summed E-state index contributed by atoms with van der Waals surface area (Å²) in [4.78, 5) is 22.1. The van der Waals surface area contributed by atoms with Crippen LogP contribution in [0.3, 0.4) is 0 Å². The fourth-order valence-electron chi connectivity index (χ4n) is 2.61. The van der Waals surface area contributed by atoms with Crippen molar-refractivity contribution < 1.29 is 36.8 Å². The summed E-state index contributed by atoms with van der Waals surface area (Å²) < 4.78 is 56.3. The summed E-state index contributed by atoms with van der Waals surface area (Å²) in [5.74, 6) is -0.826. The van der Waals surface area contributed by atoms with Crippen molar-refractivity contribution in [2.24, 2.45) is 0 Å². The summed E-state index contributed by atoms with van der Waals surface area (Å²) in [6.07, 6.45) is -3.68. The topological polar surface area (TPSA) is 117 Å². The van der Waals surface area contributed by atoms with E-state index in [-0.39, 0.29) is 31.2 Å². The number of nitro benzene ring substituents is 1. The largest absolute Gasteiger partial charge is 0.466 e. The number of anilines is 1. The summed E-state index contributed by atoms with van der Waals surface area (Å²) in [5, 5.41) is 13.3. The molecular weight excluding hydrogens is 413 g/mol. The Kier molecular flexibility index (Phi) is 10.1. The second-order valence-corrected chi connectivity index (χ2v) is 8.02. The summed E-state index contributed by atoms with van der Waals surface area (Å²) in [7, 11) is -4.13. The van der Waals surface area contributed by atoms with Crippen molar-refractivity contribution in [3.8, 4) is 0 Å². The van der Waals surface area contributed by atoms with Crippen LogP contribution in [0.1, 0.15) is 27.2 Å². The third-order valence-corrected chi connectivity index (χ3v) is 6.36. The summed E-state index contributed by atoms with van der Waals surface area (Å²) in [6, 6.07) is 2.94. The predicted molar refractivity (Wildman–Crippen MR) is 102 cm³/mol. The standard InChI is InChI=1S/C17H25F2N2O7P/c1-4-26-15(22)11-14(29(25,27-5-2)28-6-3)16(17(18)19)20-12-7-9-13(10-8-12)21(23)24/h7-10,14,16-17,20H,4-6,11H2,1-3H3. The number of hydrogen-bond acceptors (Lipinski definition) is 8. The molecule has 0 aliphatic carbocycles. The van der Waals surface area contributed by atoms with E-state index >= 15 is 0 Å². The molecule has 2 atom stereocenters. The first-order valence-electron chi connectivity index (χ1n) is 9.02. The highest BCUT2D eigenvalue weighted by atomic mass is 31.2. The average molecular weight is 438 g/mol. The van der Waals surface area contributed by atoms with Gasteiger partial charge < -0.3 is 19.1 Å². The first kappa shape index (κ1) is 24.9. The van der Waals surface area contributed by atoms with E-state index in [4.69, 9.17) is 13.8 Å². The van der Waals surface area contributed by atoms with E-state index in [1.54, 1.807) is 6.92 Å². The normalized spacial score (nSPS) is 13.7. The molecule has 2 unspecified atom stereocenters. The van der Waals surface area contributed by atoms with E-state index in [0.29, 0.717) is 0 Å². The van der Waals surface area contributed by atoms with Crippen LogP contribution >= 0.6 is 7.60 Å². The average Bonchev–Trinajstić information content (AvgIpc) is 2.65. The molecule has 0 aromatic heterocycles. The molecule has 164 valence electrons. The van der Waals surface area contributed by atoms with Crippen molar-refractivity contribution in [2.45, 2.75) is 45.3 Å². The highest BCUT2D eigenvalue weighted by Crippen LogP contribution is 2.56. The molecule has 0 amide bonds. The highest BCUT2D eigenvalue weighted by Gasteiger charge is 2.46. The number of benzene rings is 1. The molecule has 0 spiro atoms. The lowest BCUT2D eigenvalue weighted by atomic mass is 10.1. The molecule has 12 heteroatoms. The van der Waals surface area contributed by atoms with Gasteiger partial charge >= 0.3 is 13.6 Å². The molecule has 0 saturated heterocycles. The number of non-ortho nitro benzene ring substituents is 1. The molecular formula is C17H25F2N2O7P. The lowest BCUT2D eigenvalue weighted by Crippen LogP contribution is -2.42. The van der Waals surface area contributed by atoms with Gasteiger partial charge in [-0.1, -0.05) is 0 Å². The smallest absolute Gasteiger partial charge is 0.336 e. The summed E-state index contributed by atoms with van der Waals surface area (Å²) in [6.45, 7) is 4.46. The van der Waals surface area contributed by atoms with Gasteiger partial charge in [-0.3, -0.25) is 19.5 Å². The second kappa shape index (κ2) is 11.8. The number of halogens is 2. The number of esters is 1. The van der Waals surface area contributed by atoms with Crippen molar-refractivity contribution in [3.63, 3.8) is 0 Å². The van der Waals surface area contributed by atoms with Crippen molar-refractivity contribution >= 4 is 24.9 Å². The van der Waals surface area contributed by atoms with Gasteiger partial charge in [-0.05, 0) is 32.9 Å². The molecule has 1 N–H and O–H groups in total. The molecule has 0 fully saturated rings. The van der Waals surface area contributed by atoms with Gasteiger partial charge in [-0.2, -0.15) is 0 Å². The molecule has 0 aliphatic heterocycles. The highest BCUT2D eigenvalue weighted by molar-refractivity contribution is 7.54. The second-order valence-electron chi connectivity index (χ2n) is 5.76. The van der Waals surface area contributed by atoms with Crippen LogP contribution in [-0.2, 0) is 23.1 Å². The van der Waals surface area contributed by atoms with Gasteiger partial charge in [-0.25, -0.2) is 8.78 Å². The van der Waals surface area contributed by atoms with Crippen LogP contribution in [0.15, 0.2) is 24.3 Å². The Balaban J connectivity index is 3.27. The SMILES string of the molecule is CCOC(=O)CC(C(Nc1ccc([N+](=O)[O-])cc1)C(F)F)P(=O)(OCC)OCC. The lowest BCUT2D eigenvalue weighted by molar-refractivity contribution is -0.384. The summed E-state index contributed by atoms with van der Waals surface area (Å²) >= 11 is 0. The molecule has 0 radical (unpaired) electrons. The zero-order chi connectivity index (χ0) is 22.0. The maximum absolute atomic E-state index is 13.9. The number of ether oxygens (including phenoxy) is 1. The Labute approximate surface area is 167 Å². The van der Waals surface area contributed by atoms with Crippen molar-refractivity contribution in [2.75, 3.05) is 25.1 Å². The minimum Gasteiger partial charge on any atom is -0.466 e. The first-order valence-corrected chi connectivity index (χ1v) is 10.6. The molecule has 0 bridgehead atoms. The van der Waals surface area contributed by atoms with Crippen LogP contribution in [0.5, 0.6) is 0 Å². The maximum Gasteiger partial charge on any atom is 0.336 e. The Morgan fingerprint density at radius 3 is 2.10 bits per heavy atom. The molecule has 1 aromatic rings. The first-order chi connectivity index (χ1) is 13.7. The third kappa shape index (κ3) is 7.34. The Hall–Kier alpha value is -2.10. The number of nitrogens with zero attached hydrogens (tertiary/aromatic N) is 1. The van der Waals surface area contributed by atoms with Crippen LogP contribution in [-0.4, -0.2) is 48.8 Å². The van der Waals surface area contributed by atoms with E-state index in [0.717, 1.165) is 12.1 Å². The van der Waals surface area contributed by atoms with Gasteiger partial charge in [0.2, 0.25) is 0 Å². The Morgan fingerprint density at radius 1 is 1.14 bits per heavy atom. The van der Waals surface area contributed by atoms with E-state index in [1.165, 1.54) is 26.0 Å². The van der Waals surface area contributed by atoms with Gasteiger partial charge in [-0.15, -0.1) is 0 Å². The molecule has 9 nitrogen and oxygen atoms in total. The molecule has 0 heterocycles. The van der Waals surface area contributed by atoms with Crippen LogP contribution in [0.4, 0.5) is 20.2 Å². The van der Waals surface area contributed by atoms with Crippen LogP contribution in [0, 0.1) is 10.1 Å². The fraction of sp³-hybridized carbons (Fsp3) is 0.588. The number of hydrogen-bond donors (Lipinski definition) is 1. The molecule has 0 aliphatic rings. The van der Waals surface area contributed by atoms with Crippen LogP contribution in [0.25, 0.3) is 0 Å². The third-order valence-electron chi connectivity index (χ3n) is 3.80. The van der Waals surface area contributed by atoms with Crippen LogP contribution < -0.4 is 5.32 Å². The summed E-state index contributed by atoms with van der Waals surface area (Å²) in [5.41, 5.74) is -1.65. The van der Waals surface area contributed by atoms with Crippen LogP contribution in [0.2, 0.25) is 0 Å². The van der Waals surface area contributed by atoms with Gasteiger partial charge in [0.15, 0.2) is 0 Å². The van der Waals surface area contributed by atoms with Crippen molar-refractivity contribution in [3.05, 3.63) is 34.4 Å². The monoisotopic (exact) mass is 438 g/mol. The fourth-order valence-corrected chi connectivity index (χ4v) is 4.76. The Morgan fingerprint density at radius 2 is 1.69 bits per heavy atom. The Bertz CT molecular complexity index is 708. The molecule has 1 rings (SSSR count). The number of carbonyl (C=O) groups is 1. The molecule has 0 saturated carbocycles. The van der Waals surface area contributed by atoms with E-state index in [9.17, 15) is 28.3 Å². The zero-order valence-corrected chi connectivity index (χ0v) is 17.3. The lowest BCUT2D eigenvalue weighted by Gasteiger charge is -2.32. The van der Waals surface area contributed by atoms with Gasteiger partial charge in [0.25, 0.3) is 12.1 Å². The maximum atomic E-state index is 13.9. The van der Waals surface area contributed by atoms with E-state index < -0.39 is 43.0 Å². The van der Waals surface area contributed by atoms with E-state index in [2.05, 4.69) is 5.32 Å². The molecule has 1 aromatic carbocycles.